The SMILES string of the molecule is CC(=O)NCCN1CC(C)(C)NC(C)(C)CC1=O. The first-order valence-corrected chi connectivity index (χ1v) is 6.43. The number of carbonyl (C=O) groups is 2. The van der Waals surface area contributed by atoms with Crippen molar-refractivity contribution in [1.29, 1.82) is 0 Å². The summed E-state index contributed by atoms with van der Waals surface area (Å²) in [6.45, 7) is 11.5. The van der Waals surface area contributed by atoms with Crippen LogP contribution in [0.15, 0.2) is 0 Å². The zero-order chi connectivity index (χ0) is 14.0. The van der Waals surface area contributed by atoms with Crippen molar-refractivity contribution in [3.05, 3.63) is 0 Å². The molecule has 1 aliphatic heterocycles. The molecule has 0 saturated carbocycles. The Morgan fingerprint density at radius 3 is 2.50 bits per heavy atom. The average molecular weight is 255 g/mol. The molecule has 1 fully saturated rings. The Kier molecular flexibility index (Phi) is 4.37. The Morgan fingerprint density at radius 2 is 1.94 bits per heavy atom. The van der Waals surface area contributed by atoms with Gasteiger partial charge in [0, 0.05) is 44.1 Å². The van der Waals surface area contributed by atoms with Crippen molar-refractivity contribution in [2.45, 2.75) is 52.1 Å². The summed E-state index contributed by atoms with van der Waals surface area (Å²) in [5.74, 6) is 0.0819. The molecule has 2 amide bonds. The molecule has 5 nitrogen and oxygen atoms in total. The van der Waals surface area contributed by atoms with E-state index in [1.807, 2.05) is 18.7 Å². The first kappa shape index (κ1) is 15.0. The molecule has 1 aliphatic rings. The summed E-state index contributed by atoms with van der Waals surface area (Å²) in [4.78, 5) is 24.8. The van der Waals surface area contributed by atoms with Gasteiger partial charge in [0.1, 0.15) is 0 Å². The first-order valence-electron chi connectivity index (χ1n) is 6.43. The molecule has 0 unspecified atom stereocenters. The maximum absolute atomic E-state index is 12.2. The lowest BCUT2D eigenvalue weighted by atomic mass is 9.96. The zero-order valence-electron chi connectivity index (χ0n) is 12.1. The quantitative estimate of drug-likeness (QED) is 0.772. The van der Waals surface area contributed by atoms with Crippen molar-refractivity contribution in [1.82, 2.24) is 15.5 Å². The van der Waals surface area contributed by atoms with E-state index in [1.165, 1.54) is 6.92 Å². The van der Waals surface area contributed by atoms with Gasteiger partial charge < -0.3 is 15.5 Å². The fourth-order valence-electron chi connectivity index (χ4n) is 2.63. The van der Waals surface area contributed by atoms with Gasteiger partial charge in [-0.1, -0.05) is 0 Å². The third kappa shape index (κ3) is 4.64. The largest absolute Gasteiger partial charge is 0.355 e. The van der Waals surface area contributed by atoms with E-state index in [2.05, 4.69) is 24.5 Å². The minimum atomic E-state index is -0.191. The van der Waals surface area contributed by atoms with Gasteiger partial charge in [-0.2, -0.15) is 0 Å². The summed E-state index contributed by atoms with van der Waals surface area (Å²) >= 11 is 0. The number of nitrogens with one attached hydrogen (secondary N) is 2. The van der Waals surface area contributed by atoms with Crippen LogP contribution in [0.1, 0.15) is 41.0 Å². The molecule has 0 radical (unpaired) electrons. The van der Waals surface area contributed by atoms with Gasteiger partial charge >= 0.3 is 0 Å². The molecular weight excluding hydrogens is 230 g/mol. The summed E-state index contributed by atoms with van der Waals surface area (Å²) in [5, 5.41) is 6.23. The Balaban J connectivity index is 2.67. The van der Waals surface area contributed by atoms with Crippen molar-refractivity contribution in [2.24, 2.45) is 0 Å². The van der Waals surface area contributed by atoms with Crippen LogP contribution in [0.3, 0.4) is 0 Å². The van der Waals surface area contributed by atoms with Gasteiger partial charge in [0.25, 0.3) is 0 Å². The van der Waals surface area contributed by atoms with Crippen LogP contribution < -0.4 is 10.6 Å². The maximum atomic E-state index is 12.2. The standard InChI is InChI=1S/C13H25N3O2/c1-10(17)14-6-7-16-9-13(4,5)15-12(2,3)8-11(16)18/h15H,6-9H2,1-5H3,(H,14,17). The predicted octanol–water partition coefficient (Wildman–Crippen LogP) is 0.502. The number of hydrogen-bond acceptors (Lipinski definition) is 3. The second-order valence-corrected chi connectivity index (χ2v) is 6.37. The van der Waals surface area contributed by atoms with Crippen molar-refractivity contribution < 1.29 is 9.59 Å². The van der Waals surface area contributed by atoms with Crippen LogP contribution in [0.25, 0.3) is 0 Å². The minimum Gasteiger partial charge on any atom is -0.355 e. The summed E-state index contributed by atoms with van der Waals surface area (Å²) in [5.41, 5.74) is -0.310. The van der Waals surface area contributed by atoms with Crippen molar-refractivity contribution in [2.75, 3.05) is 19.6 Å². The molecule has 0 aromatic heterocycles. The van der Waals surface area contributed by atoms with Gasteiger partial charge in [-0.15, -0.1) is 0 Å². The lowest BCUT2D eigenvalue weighted by Gasteiger charge is -2.34. The smallest absolute Gasteiger partial charge is 0.224 e. The Labute approximate surface area is 109 Å². The van der Waals surface area contributed by atoms with Crippen LogP contribution in [0.5, 0.6) is 0 Å². The lowest BCUT2D eigenvalue weighted by molar-refractivity contribution is -0.132. The second kappa shape index (κ2) is 5.26. The third-order valence-corrected chi connectivity index (χ3v) is 2.96. The molecule has 0 bridgehead atoms. The van der Waals surface area contributed by atoms with E-state index < -0.39 is 0 Å². The van der Waals surface area contributed by atoms with Crippen LogP contribution in [0.2, 0.25) is 0 Å². The van der Waals surface area contributed by atoms with Crippen molar-refractivity contribution >= 4 is 11.8 Å². The predicted molar refractivity (Wildman–Crippen MR) is 71.2 cm³/mol. The Hall–Kier alpha value is -1.10. The molecule has 1 saturated heterocycles. The Morgan fingerprint density at radius 1 is 1.33 bits per heavy atom. The van der Waals surface area contributed by atoms with Crippen LogP contribution >= 0.6 is 0 Å². The van der Waals surface area contributed by atoms with Gasteiger partial charge in [-0.25, -0.2) is 0 Å². The zero-order valence-corrected chi connectivity index (χ0v) is 12.1. The van der Waals surface area contributed by atoms with E-state index in [0.717, 1.165) is 0 Å². The number of carbonyl (C=O) groups excluding carboxylic acids is 2. The van der Waals surface area contributed by atoms with E-state index in [0.29, 0.717) is 26.1 Å². The first-order chi connectivity index (χ1) is 8.11. The lowest BCUT2D eigenvalue weighted by Crippen LogP contribution is -2.53. The van der Waals surface area contributed by atoms with Gasteiger partial charge in [-0.3, -0.25) is 9.59 Å². The molecule has 1 heterocycles. The van der Waals surface area contributed by atoms with E-state index >= 15 is 0 Å². The second-order valence-electron chi connectivity index (χ2n) is 6.37. The summed E-state index contributed by atoms with van der Waals surface area (Å²) < 4.78 is 0. The van der Waals surface area contributed by atoms with Gasteiger partial charge in [0.15, 0.2) is 0 Å². The number of hydrogen-bond donors (Lipinski definition) is 2. The fourth-order valence-corrected chi connectivity index (χ4v) is 2.63. The number of nitrogens with zero attached hydrogens (tertiary/aromatic N) is 1. The van der Waals surface area contributed by atoms with E-state index in [-0.39, 0.29) is 22.9 Å². The molecule has 18 heavy (non-hydrogen) atoms. The molecule has 0 atom stereocenters. The maximum Gasteiger partial charge on any atom is 0.224 e. The molecule has 0 aliphatic carbocycles. The van der Waals surface area contributed by atoms with Crippen molar-refractivity contribution in [3.63, 3.8) is 0 Å². The van der Waals surface area contributed by atoms with Crippen LogP contribution in [-0.4, -0.2) is 47.4 Å². The minimum absolute atomic E-state index is 0.0602. The topological polar surface area (TPSA) is 61.4 Å². The highest BCUT2D eigenvalue weighted by Crippen LogP contribution is 2.21. The number of rotatable bonds is 3. The molecule has 0 spiro atoms. The van der Waals surface area contributed by atoms with Crippen LogP contribution in [0, 0.1) is 0 Å². The monoisotopic (exact) mass is 255 g/mol. The summed E-state index contributed by atoms with van der Waals surface area (Å²) in [6.07, 6.45) is 0.483. The van der Waals surface area contributed by atoms with Crippen molar-refractivity contribution in [3.8, 4) is 0 Å². The average Bonchev–Trinajstić information content (AvgIpc) is 2.18. The van der Waals surface area contributed by atoms with Gasteiger partial charge in [0.05, 0.1) is 0 Å². The normalized spacial score (nSPS) is 22.5. The van der Waals surface area contributed by atoms with E-state index in [9.17, 15) is 9.59 Å². The Bertz CT molecular complexity index is 337. The van der Waals surface area contributed by atoms with Crippen LogP contribution in [0.4, 0.5) is 0 Å². The highest BCUT2D eigenvalue weighted by molar-refractivity contribution is 5.78. The fraction of sp³-hybridized carbons (Fsp3) is 0.846. The third-order valence-electron chi connectivity index (χ3n) is 2.96. The highest BCUT2D eigenvalue weighted by Gasteiger charge is 2.36. The van der Waals surface area contributed by atoms with E-state index in [4.69, 9.17) is 0 Å². The molecule has 0 aromatic rings. The van der Waals surface area contributed by atoms with Gasteiger partial charge in [0.2, 0.25) is 11.8 Å². The number of amides is 2. The molecule has 1 rings (SSSR count). The molecule has 0 aromatic carbocycles. The molecule has 5 heteroatoms. The summed E-state index contributed by atoms with van der Waals surface area (Å²) in [7, 11) is 0. The summed E-state index contributed by atoms with van der Waals surface area (Å²) in [6, 6.07) is 0. The highest BCUT2D eigenvalue weighted by atomic mass is 16.2. The van der Waals surface area contributed by atoms with Gasteiger partial charge in [-0.05, 0) is 27.7 Å². The molecular formula is C13H25N3O2. The molecule has 2 N–H and O–H groups in total. The molecule has 104 valence electrons. The van der Waals surface area contributed by atoms with E-state index in [1.54, 1.807) is 0 Å². The van der Waals surface area contributed by atoms with Crippen LogP contribution in [-0.2, 0) is 9.59 Å².